The van der Waals surface area contributed by atoms with Gasteiger partial charge in [0.25, 0.3) is 0 Å². The first-order chi connectivity index (χ1) is 9.24. The normalized spacial score (nSPS) is 10.6. The summed E-state index contributed by atoms with van der Waals surface area (Å²) in [6, 6.07) is 15.7. The molecule has 0 atom stereocenters. The molecule has 0 saturated carbocycles. The zero-order valence-corrected chi connectivity index (χ0v) is 10.6. The van der Waals surface area contributed by atoms with Crippen LogP contribution in [0, 0.1) is 6.92 Å². The summed E-state index contributed by atoms with van der Waals surface area (Å²) in [6.45, 7) is 2.03. The molecule has 3 N–H and O–H groups in total. The van der Waals surface area contributed by atoms with E-state index < -0.39 is 0 Å². The highest BCUT2D eigenvalue weighted by atomic mass is 15.2. The fourth-order valence-corrected chi connectivity index (χ4v) is 1.97. The average Bonchev–Trinajstić information content (AvgIpc) is 2.92. The van der Waals surface area contributed by atoms with Crippen molar-refractivity contribution < 1.29 is 0 Å². The van der Waals surface area contributed by atoms with Gasteiger partial charge >= 0.3 is 0 Å². The molecule has 3 aromatic rings. The zero-order valence-electron chi connectivity index (χ0n) is 10.6. The van der Waals surface area contributed by atoms with E-state index in [2.05, 4.69) is 15.2 Å². The van der Waals surface area contributed by atoms with Gasteiger partial charge in [0, 0.05) is 16.8 Å². The first-order valence-electron chi connectivity index (χ1n) is 6.08. The van der Waals surface area contributed by atoms with E-state index in [1.807, 2.05) is 55.5 Å². The second-order valence-electron chi connectivity index (χ2n) is 4.46. The third kappa shape index (κ3) is 2.20. The van der Waals surface area contributed by atoms with E-state index in [-0.39, 0.29) is 0 Å². The van der Waals surface area contributed by atoms with E-state index in [0.717, 1.165) is 16.7 Å². The smallest absolute Gasteiger partial charge is 0.181 e. The Labute approximate surface area is 111 Å². The summed E-state index contributed by atoms with van der Waals surface area (Å²) in [5, 5.41) is 7.19. The molecule has 0 unspecified atom stereocenters. The first kappa shape index (κ1) is 11.5. The molecule has 2 aromatic carbocycles. The highest BCUT2D eigenvalue weighted by Crippen LogP contribution is 2.25. The zero-order chi connectivity index (χ0) is 13.2. The number of nitrogen functional groups attached to an aromatic ring is 1. The van der Waals surface area contributed by atoms with Crippen LogP contribution in [0.25, 0.3) is 22.8 Å². The summed E-state index contributed by atoms with van der Waals surface area (Å²) in [6.07, 6.45) is 0. The van der Waals surface area contributed by atoms with Gasteiger partial charge in [0.2, 0.25) is 0 Å². The van der Waals surface area contributed by atoms with E-state index in [1.165, 1.54) is 0 Å². The van der Waals surface area contributed by atoms with Gasteiger partial charge in [-0.3, -0.25) is 5.10 Å². The average molecular weight is 250 g/mol. The first-order valence-corrected chi connectivity index (χ1v) is 6.08. The van der Waals surface area contributed by atoms with Crippen molar-refractivity contribution in [3.63, 3.8) is 0 Å². The number of anilines is 1. The molecule has 0 spiro atoms. The summed E-state index contributed by atoms with van der Waals surface area (Å²) >= 11 is 0. The van der Waals surface area contributed by atoms with Crippen LogP contribution in [0.4, 0.5) is 5.69 Å². The highest BCUT2D eigenvalue weighted by molar-refractivity contribution is 5.73. The predicted octanol–water partition coefficient (Wildman–Crippen LogP) is 3.03. The van der Waals surface area contributed by atoms with Crippen molar-refractivity contribution in [2.75, 3.05) is 5.73 Å². The van der Waals surface area contributed by atoms with Crippen LogP contribution in [0.2, 0.25) is 0 Å². The number of nitrogens with one attached hydrogen (secondary N) is 1. The summed E-state index contributed by atoms with van der Waals surface area (Å²) in [5.41, 5.74) is 9.68. The largest absolute Gasteiger partial charge is 0.398 e. The van der Waals surface area contributed by atoms with Crippen LogP contribution < -0.4 is 5.73 Å². The van der Waals surface area contributed by atoms with Crippen molar-refractivity contribution in [1.29, 1.82) is 0 Å². The van der Waals surface area contributed by atoms with Crippen LogP contribution in [0.15, 0.2) is 48.5 Å². The number of hydrogen-bond acceptors (Lipinski definition) is 3. The number of rotatable bonds is 2. The predicted molar refractivity (Wildman–Crippen MR) is 76.4 cm³/mol. The van der Waals surface area contributed by atoms with Crippen LogP contribution in [-0.2, 0) is 0 Å². The van der Waals surface area contributed by atoms with Gasteiger partial charge in [-0.15, -0.1) is 0 Å². The number of aromatic nitrogens is 3. The maximum atomic E-state index is 5.98. The van der Waals surface area contributed by atoms with Crippen LogP contribution >= 0.6 is 0 Å². The van der Waals surface area contributed by atoms with Gasteiger partial charge in [0.1, 0.15) is 0 Å². The molecule has 0 aliphatic heterocycles. The van der Waals surface area contributed by atoms with Crippen molar-refractivity contribution >= 4 is 5.69 Å². The Bertz CT molecular complexity index is 701. The lowest BCUT2D eigenvalue weighted by Crippen LogP contribution is -1.92. The third-order valence-electron chi connectivity index (χ3n) is 2.98. The van der Waals surface area contributed by atoms with Crippen LogP contribution in [-0.4, -0.2) is 15.2 Å². The lowest BCUT2D eigenvalue weighted by molar-refractivity contribution is 1.10. The Morgan fingerprint density at radius 3 is 2.63 bits per heavy atom. The van der Waals surface area contributed by atoms with Gasteiger partial charge in [-0.2, -0.15) is 5.10 Å². The Morgan fingerprint density at radius 1 is 1.05 bits per heavy atom. The number of nitrogens with two attached hydrogens (primary N) is 1. The minimum absolute atomic E-state index is 0.677. The Kier molecular flexibility index (Phi) is 2.76. The Balaban J connectivity index is 2.04. The Hall–Kier alpha value is -2.62. The fourth-order valence-electron chi connectivity index (χ4n) is 1.97. The molecule has 0 aliphatic carbocycles. The Morgan fingerprint density at radius 2 is 1.84 bits per heavy atom. The summed E-state index contributed by atoms with van der Waals surface area (Å²) in [4.78, 5) is 4.51. The SMILES string of the molecule is Cc1ccc(N)c(-c2nc(-c3ccccc3)n[nH]2)c1. The molecule has 0 aliphatic rings. The van der Waals surface area contributed by atoms with Crippen molar-refractivity contribution in [3.05, 3.63) is 54.1 Å². The fraction of sp³-hybridized carbons (Fsp3) is 0.0667. The monoisotopic (exact) mass is 250 g/mol. The second-order valence-corrected chi connectivity index (χ2v) is 4.46. The molecule has 1 aromatic heterocycles. The van der Waals surface area contributed by atoms with Gasteiger partial charge < -0.3 is 5.73 Å². The summed E-state index contributed by atoms with van der Waals surface area (Å²) in [5.74, 6) is 1.37. The number of benzene rings is 2. The molecule has 19 heavy (non-hydrogen) atoms. The number of aromatic amines is 1. The van der Waals surface area contributed by atoms with E-state index in [0.29, 0.717) is 17.3 Å². The summed E-state index contributed by atoms with van der Waals surface area (Å²) < 4.78 is 0. The molecule has 0 saturated heterocycles. The van der Waals surface area contributed by atoms with Crippen molar-refractivity contribution in [3.8, 4) is 22.8 Å². The number of H-pyrrole nitrogens is 1. The van der Waals surface area contributed by atoms with Gasteiger partial charge in [0.15, 0.2) is 11.6 Å². The molecule has 94 valence electrons. The molecule has 0 bridgehead atoms. The van der Waals surface area contributed by atoms with Crippen molar-refractivity contribution in [2.45, 2.75) is 6.92 Å². The highest BCUT2D eigenvalue weighted by Gasteiger charge is 2.10. The maximum absolute atomic E-state index is 5.98. The van der Waals surface area contributed by atoms with E-state index in [1.54, 1.807) is 0 Å². The minimum atomic E-state index is 0.677. The standard InChI is InChI=1S/C15H14N4/c1-10-7-8-13(16)12(9-10)15-17-14(18-19-15)11-5-3-2-4-6-11/h2-9H,16H2,1H3,(H,17,18,19). The lowest BCUT2D eigenvalue weighted by Gasteiger charge is -2.02. The minimum Gasteiger partial charge on any atom is -0.398 e. The molecule has 4 nitrogen and oxygen atoms in total. The van der Waals surface area contributed by atoms with Gasteiger partial charge in [-0.25, -0.2) is 4.98 Å². The molecule has 3 rings (SSSR count). The number of nitrogens with zero attached hydrogens (tertiary/aromatic N) is 2. The van der Waals surface area contributed by atoms with E-state index in [9.17, 15) is 0 Å². The number of hydrogen-bond donors (Lipinski definition) is 2. The van der Waals surface area contributed by atoms with Gasteiger partial charge in [-0.1, -0.05) is 42.0 Å². The topological polar surface area (TPSA) is 67.6 Å². The number of aryl methyl sites for hydroxylation is 1. The van der Waals surface area contributed by atoms with Crippen LogP contribution in [0.3, 0.4) is 0 Å². The lowest BCUT2D eigenvalue weighted by atomic mass is 10.1. The summed E-state index contributed by atoms with van der Waals surface area (Å²) in [7, 11) is 0. The second kappa shape index (κ2) is 4.57. The van der Waals surface area contributed by atoms with Gasteiger partial charge in [0.05, 0.1) is 0 Å². The quantitative estimate of drug-likeness (QED) is 0.687. The van der Waals surface area contributed by atoms with Crippen molar-refractivity contribution in [1.82, 2.24) is 15.2 Å². The molecule has 0 fully saturated rings. The molecule has 4 heteroatoms. The van der Waals surface area contributed by atoms with Crippen LogP contribution in [0.1, 0.15) is 5.56 Å². The molecule has 0 amide bonds. The van der Waals surface area contributed by atoms with Crippen molar-refractivity contribution in [2.24, 2.45) is 0 Å². The van der Waals surface area contributed by atoms with Crippen LogP contribution in [0.5, 0.6) is 0 Å². The van der Waals surface area contributed by atoms with Gasteiger partial charge in [-0.05, 0) is 19.1 Å². The molecule has 0 radical (unpaired) electrons. The third-order valence-corrected chi connectivity index (χ3v) is 2.98. The van der Waals surface area contributed by atoms with E-state index >= 15 is 0 Å². The van der Waals surface area contributed by atoms with E-state index in [4.69, 9.17) is 5.73 Å². The molecular weight excluding hydrogens is 236 g/mol. The maximum Gasteiger partial charge on any atom is 0.181 e. The molecular formula is C15H14N4. The molecule has 1 heterocycles.